The van der Waals surface area contributed by atoms with E-state index in [4.69, 9.17) is 0 Å². The predicted octanol–water partition coefficient (Wildman–Crippen LogP) is 0.867. The fourth-order valence-electron chi connectivity index (χ4n) is 1.76. The Labute approximate surface area is 118 Å². The van der Waals surface area contributed by atoms with Gasteiger partial charge in [0.1, 0.15) is 0 Å². The number of nitrogens with zero attached hydrogens (tertiary/aromatic N) is 4. The van der Waals surface area contributed by atoms with Crippen LogP contribution in [0.25, 0.3) is 5.69 Å². The summed E-state index contributed by atoms with van der Waals surface area (Å²) in [5.41, 5.74) is 2.42. The average Bonchev–Trinajstić information content (AvgIpc) is 2.94. The van der Waals surface area contributed by atoms with Crippen LogP contribution in [-0.4, -0.2) is 53.0 Å². The van der Waals surface area contributed by atoms with Gasteiger partial charge in [0, 0.05) is 20.1 Å². The lowest BCUT2D eigenvalue weighted by atomic mass is 10.2. The zero-order valence-electron chi connectivity index (χ0n) is 12.0. The Hall–Kier alpha value is -2.21. The first kappa shape index (κ1) is 14.2. The molecular weight excluding hydrogens is 254 g/mol. The second-order valence-electron chi connectivity index (χ2n) is 4.71. The van der Waals surface area contributed by atoms with Gasteiger partial charge in [-0.15, -0.1) is 5.10 Å². The van der Waals surface area contributed by atoms with Crippen molar-refractivity contribution in [3.05, 3.63) is 41.7 Å². The molecule has 0 unspecified atom stereocenters. The zero-order chi connectivity index (χ0) is 14.5. The topological polar surface area (TPSA) is 63.1 Å². The molecule has 1 amide bonds. The van der Waals surface area contributed by atoms with Crippen LogP contribution in [-0.2, 0) is 0 Å². The lowest BCUT2D eigenvalue weighted by Gasteiger charge is -2.14. The number of hydrogen-bond acceptors (Lipinski definition) is 4. The van der Waals surface area contributed by atoms with Gasteiger partial charge in [0.05, 0.1) is 11.9 Å². The van der Waals surface area contributed by atoms with Crippen molar-refractivity contribution in [2.24, 2.45) is 0 Å². The predicted molar refractivity (Wildman–Crippen MR) is 77.0 cm³/mol. The maximum Gasteiger partial charge on any atom is 0.275 e. The van der Waals surface area contributed by atoms with Gasteiger partial charge in [0.15, 0.2) is 5.69 Å². The first-order valence-electron chi connectivity index (χ1n) is 6.51. The van der Waals surface area contributed by atoms with E-state index < -0.39 is 0 Å². The van der Waals surface area contributed by atoms with E-state index in [1.165, 1.54) is 5.56 Å². The van der Waals surface area contributed by atoms with Gasteiger partial charge < -0.3 is 10.2 Å². The quantitative estimate of drug-likeness (QED) is 0.878. The molecule has 0 atom stereocenters. The van der Waals surface area contributed by atoms with Gasteiger partial charge in [0.2, 0.25) is 0 Å². The minimum Gasteiger partial charge on any atom is -0.339 e. The third-order valence-electron chi connectivity index (χ3n) is 3.05. The van der Waals surface area contributed by atoms with Crippen LogP contribution in [0, 0.1) is 6.92 Å². The summed E-state index contributed by atoms with van der Waals surface area (Å²) in [6.07, 6.45) is 1.66. The molecule has 0 spiro atoms. The molecule has 0 aliphatic carbocycles. The number of hydrogen-bond donors (Lipinski definition) is 1. The summed E-state index contributed by atoms with van der Waals surface area (Å²) >= 11 is 0. The number of aryl methyl sites for hydroxylation is 1. The molecule has 1 aromatic carbocycles. The van der Waals surface area contributed by atoms with Crippen molar-refractivity contribution in [3.8, 4) is 5.69 Å². The van der Waals surface area contributed by atoms with E-state index in [0.717, 1.165) is 12.2 Å². The first-order valence-corrected chi connectivity index (χ1v) is 6.51. The van der Waals surface area contributed by atoms with Gasteiger partial charge in [-0.2, -0.15) is 0 Å². The molecule has 106 valence electrons. The van der Waals surface area contributed by atoms with Gasteiger partial charge in [0.25, 0.3) is 5.91 Å². The van der Waals surface area contributed by atoms with Gasteiger partial charge in [-0.1, -0.05) is 22.9 Å². The molecule has 0 saturated carbocycles. The number of rotatable bonds is 5. The highest BCUT2D eigenvalue weighted by atomic mass is 16.2. The van der Waals surface area contributed by atoms with Crippen LogP contribution < -0.4 is 5.32 Å². The highest BCUT2D eigenvalue weighted by Gasteiger charge is 2.15. The van der Waals surface area contributed by atoms with Crippen LogP contribution in [0.2, 0.25) is 0 Å². The molecule has 6 heteroatoms. The van der Waals surface area contributed by atoms with E-state index in [2.05, 4.69) is 15.6 Å². The first-order chi connectivity index (χ1) is 9.61. The summed E-state index contributed by atoms with van der Waals surface area (Å²) in [5, 5.41) is 11.0. The number of benzene rings is 1. The van der Waals surface area contributed by atoms with E-state index in [0.29, 0.717) is 12.2 Å². The number of carbonyl (C=O) groups excluding carboxylic acids is 1. The number of amides is 1. The molecule has 0 aliphatic heterocycles. The summed E-state index contributed by atoms with van der Waals surface area (Å²) in [5.74, 6) is -0.126. The van der Waals surface area contributed by atoms with Crippen molar-refractivity contribution in [3.63, 3.8) is 0 Å². The Bertz CT molecular complexity index is 576. The second kappa shape index (κ2) is 6.29. The fourth-order valence-corrected chi connectivity index (χ4v) is 1.76. The third kappa shape index (κ3) is 3.21. The molecule has 1 heterocycles. The fraction of sp³-hybridized carbons (Fsp3) is 0.357. The lowest BCUT2D eigenvalue weighted by molar-refractivity contribution is 0.0791. The van der Waals surface area contributed by atoms with Crippen molar-refractivity contribution in [1.82, 2.24) is 25.2 Å². The van der Waals surface area contributed by atoms with Crippen molar-refractivity contribution < 1.29 is 4.79 Å². The lowest BCUT2D eigenvalue weighted by Crippen LogP contribution is -2.33. The SMILES string of the molecule is CNCCN(C)C(=O)c1cn(-c2ccc(C)cc2)nn1. The minimum absolute atomic E-state index is 0.126. The van der Waals surface area contributed by atoms with Crippen LogP contribution in [0.5, 0.6) is 0 Å². The maximum atomic E-state index is 12.1. The molecule has 20 heavy (non-hydrogen) atoms. The van der Waals surface area contributed by atoms with Crippen molar-refractivity contribution >= 4 is 5.91 Å². The van der Waals surface area contributed by atoms with Gasteiger partial charge in [-0.25, -0.2) is 4.68 Å². The molecule has 1 aromatic heterocycles. The van der Waals surface area contributed by atoms with Crippen molar-refractivity contribution in [2.75, 3.05) is 27.2 Å². The number of likely N-dealkylation sites (N-methyl/N-ethyl adjacent to an activating group) is 2. The second-order valence-corrected chi connectivity index (χ2v) is 4.71. The summed E-state index contributed by atoms with van der Waals surface area (Å²) in [7, 11) is 3.61. The Balaban J connectivity index is 2.12. The molecule has 6 nitrogen and oxygen atoms in total. The molecule has 0 aliphatic rings. The monoisotopic (exact) mass is 273 g/mol. The van der Waals surface area contributed by atoms with Crippen LogP contribution >= 0.6 is 0 Å². The molecular formula is C14H19N5O. The van der Waals surface area contributed by atoms with Gasteiger partial charge in [-0.05, 0) is 26.1 Å². The highest BCUT2D eigenvalue weighted by molar-refractivity contribution is 5.91. The van der Waals surface area contributed by atoms with Crippen LogP contribution in [0.3, 0.4) is 0 Å². The summed E-state index contributed by atoms with van der Waals surface area (Å²) in [6, 6.07) is 7.89. The largest absolute Gasteiger partial charge is 0.339 e. The highest BCUT2D eigenvalue weighted by Crippen LogP contribution is 2.09. The van der Waals surface area contributed by atoms with E-state index in [1.54, 1.807) is 22.8 Å². The zero-order valence-corrected chi connectivity index (χ0v) is 12.0. The molecule has 0 fully saturated rings. The minimum atomic E-state index is -0.126. The Morgan fingerprint density at radius 1 is 1.35 bits per heavy atom. The average molecular weight is 273 g/mol. The van der Waals surface area contributed by atoms with E-state index in [1.807, 2.05) is 38.2 Å². The van der Waals surface area contributed by atoms with Crippen LogP contribution in [0.15, 0.2) is 30.5 Å². The number of nitrogens with one attached hydrogen (secondary N) is 1. The molecule has 1 N–H and O–H groups in total. The summed E-state index contributed by atoms with van der Waals surface area (Å²) in [4.78, 5) is 13.8. The van der Waals surface area contributed by atoms with Crippen molar-refractivity contribution in [2.45, 2.75) is 6.92 Å². The normalized spacial score (nSPS) is 10.6. The van der Waals surface area contributed by atoms with E-state index in [9.17, 15) is 4.79 Å². The molecule has 2 aromatic rings. The van der Waals surface area contributed by atoms with E-state index in [-0.39, 0.29) is 5.91 Å². The maximum absolute atomic E-state index is 12.1. The third-order valence-corrected chi connectivity index (χ3v) is 3.05. The van der Waals surface area contributed by atoms with Gasteiger partial charge in [-0.3, -0.25) is 4.79 Å². The molecule has 0 saturated heterocycles. The Kier molecular flexibility index (Phi) is 4.47. The summed E-state index contributed by atoms with van der Waals surface area (Å²) in [6.45, 7) is 3.40. The summed E-state index contributed by atoms with van der Waals surface area (Å²) < 4.78 is 1.61. The standard InChI is InChI=1S/C14H19N5O/c1-11-4-6-12(7-5-11)19-10-13(16-17-19)14(20)18(3)9-8-15-2/h4-7,10,15H,8-9H2,1-3H3. The van der Waals surface area contributed by atoms with Gasteiger partial charge >= 0.3 is 0 Å². The van der Waals surface area contributed by atoms with E-state index >= 15 is 0 Å². The molecule has 2 rings (SSSR count). The molecule has 0 bridgehead atoms. The van der Waals surface area contributed by atoms with Crippen LogP contribution in [0.4, 0.5) is 0 Å². The smallest absolute Gasteiger partial charge is 0.275 e. The Morgan fingerprint density at radius 2 is 2.05 bits per heavy atom. The van der Waals surface area contributed by atoms with Crippen molar-refractivity contribution in [1.29, 1.82) is 0 Å². The van der Waals surface area contributed by atoms with Crippen LogP contribution in [0.1, 0.15) is 16.1 Å². The Morgan fingerprint density at radius 3 is 2.70 bits per heavy atom. The number of carbonyl (C=O) groups is 1. The molecule has 0 radical (unpaired) electrons. The number of aromatic nitrogens is 3.